The van der Waals surface area contributed by atoms with Crippen LogP contribution in [0.2, 0.25) is 0 Å². The molecule has 1 saturated carbocycles. The lowest BCUT2D eigenvalue weighted by Crippen LogP contribution is -2.39. The molecule has 0 aromatic carbocycles. The van der Waals surface area contributed by atoms with Gasteiger partial charge >= 0.3 is 0 Å². The van der Waals surface area contributed by atoms with Gasteiger partial charge in [0, 0.05) is 19.0 Å². The number of hydrogen-bond donors (Lipinski definition) is 1. The molecule has 3 nitrogen and oxygen atoms in total. The van der Waals surface area contributed by atoms with Crippen molar-refractivity contribution in [3.05, 3.63) is 12.7 Å². The van der Waals surface area contributed by atoms with E-state index in [1.54, 1.807) is 0 Å². The maximum Gasteiger partial charge on any atom is 0.223 e. The van der Waals surface area contributed by atoms with Gasteiger partial charge in [-0.25, -0.2) is 0 Å². The van der Waals surface area contributed by atoms with Crippen molar-refractivity contribution >= 4 is 5.91 Å². The highest BCUT2D eigenvalue weighted by atomic mass is 16.2. The summed E-state index contributed by atoms with van der Waals surface area (Å²) in [5.41, 5.74) is 0. The van der Waals surface area contributed by atoms with Crippen molar-refractivity contribution in [2.45, 2.75) is 44.6 Å². The van der Waals surface area contributed by atoms with Crippen LogP contribution in [0.4, 0.5) is 0 Å². The standard InChI is InChI=1S/C13H24N2O/c1-3-11-15(12-7-4-5-8-12)13(16)9-6-10-14-2/h3,12,14H,1,4-11H2,2H3. The summed E-state index contributed by atoms with van der Waals surface area (Å²) >= 11 is 0. The number of hydrogen-bond acceptors (Lipinski definition) is 2. The average Bonchev–Trinajstić information content (AvgIpc) is 2.79. The second-order valence-electron chi connectivity index (χ2n) is 4.48. The smallest absolute Gasteiger partial charge is 0.223 e. The first-order valence-electron chi connectivity index (χ1n) is 6.34. The van der Waals surface area contributed by atoms with Crippen LogP contribution in [0.5, 0.6) is 0 Å². The molecular weight excluding hydrogens is 200 g/mol. The Hall–Kier alpha value is -0.830. The number of carbonyl (C=O) groups excluding carboxylic acids is 1. The molecule has 16 heavy (non-hydrogen) atoms. The maximum absolute atomic E-state index is 12.0. The Morgan fingerprint density at radius 3 is 2.75 bits per heavy atom. The van der Waals surface area contributed by atoms with E-state index >= 15 is 0 Å². The van der Waals surface area contributed by atoms with Crippen LogP contribution in [0.15, 0.2) is 12.7 Å². The van der Waals surface area contributed by atoms with Gasteiger partial charge < -0.3 is 10.2 Å². The van der Waals surface area contributed by atoms with Gasteiger partial charge in [0.05, 0.1) is 0 Å². The van der Waals surface area contributed by atoms with Crippen molar-refractivity contribution in [1.82, 2.24) is 10.2 Å². The predicted molar refractivity (Wildman–Crippen MR) is 67.3 cm³/mol. The molecule has 0 spiro atoms. The molecule has 0 bridgehead atoms. The van der Waals surface area contributed by atoms with E-state index in [1.165, 1.54) is 25.7 Å². The van der Waals surface area contributed by atoms with Crippen molar-refractivity contribution < 1.29 is 4.79 Å². The molecule has 0 heterocycles. The molecule has 3 heteroatoms. The quantitative estimate of drug-likeness (QED) is 0.529. The Bertz CT molecular complexity index is 222. The van der Waals surface area contributed by atoms with Crippen LogP contribution in [-0.2, 0) is 4.79 Å². The number of nitrogens with zero attached hydrogens (tertiary/aromatic N) is 1. The van der Waals surface area contributed by atoms with Gasteiger partial charge in [0.2, 0.25) is 5.91 Å². The van der Waals surface area contributed by atoms with Gasteiger partial charge in [-0.15, -0.1) is 6.58 Å². The Morgan fingerprint density at radius 1 is 1.50 bits per heavy atom. The predicted octanol–water partition coefficient (Wildman–Crippen LogP) is 1.94. The van der Waals surface area contributed by atoms with Crippen LogP contribution in [0.3, 0.4) is 0 Å². The molecule has 1 aliphatic rings. The first kappa shape index (κ1) is 13.2. The zero-order valence-corrected chi connectivity index (χ0v) is 10.4. The van der Waals surface area contributed by atoms with Gasteiger partial charge in [-0.3, -0.25) is 4.79 Å². The Labute approximate surface area is 98.9 Å². The molecular formula is C13H24N2O. The third kappa shape index (κ3) is 3.97. The second-order valence-corrected chi connectivity index (χ2v) is 4.48. The van der Waals surface area contributed by atoms with E-state index < -0.39 is 0 Å². The molecule has 1 fully saturated rings. The van der Waals surface area contributed by atoms with Gasteiger partial charge in [0.15, 0.2) is 0 Å². The zero-order chi connectivity index (χ0) is 11.8. The Kier molecular flexibility index (Phi) is 6.16. The van der Waals surface area contributed by atoms with Crippen LogP contribution in [-0.4, -0.2) is 37.0 Å². The minimum absolute atomic E-state index is 0.294. The van der Waals surface area contributed by atoms with Crippen molar-refractivity contribution in [3.8, 4) is 0 Å². The summed E-state index contributed by atoms with van der Waals surface area (Å²) in [5.74, 6) is 0.294. The minimum atomic E-state index is 0.294. The fourth-order valence-corrected chi connectivity index (χ4v) is 2.37. The van der Waals surface area contributed by atoms with Crippen LogP contribution < -0.4 is 5.32 Å². The Morgan fingerprint density at radius 2 is 2.19 bits per heavy atom. The summed E-state index contributed by atoms with van der Waals surface area (Å²) in [4.78, 5) is 14.1. The number of rotatable bonds is 7. The van der Waals surface area contributed by atoms with Crippen molar-refractivity contribution in [3.63, 3.8) is 0 Å². The summed E-state index contributed by atoms with van der Waals surface area (Å²) in [6.45, 7) is 5.37. The van der Waals surface area contributed by atoms with E-state index in [2.05, 4.69) is 11.9 Å². The fourth-order valence-electron chi connectivity index (χ4n) is 2.37. The van der Waals surface area contributed by atoms with E-state index in [0.717, 1.165) is 13.0 Å². The van der Waals surface area contributed by atoms with Gasteiger partial charge in [-0.2, -0.15) is 0 Å². The number of carbonyl (C=O) groups is 1. The fraction of sp³-hybridized carbons (Fsp3) is 0.769. The molecule has 92 valence electrons. The minimum Gasteiger partial charge on any atom is -0.336 e. The van der Waals surface area contributed by atoms with E-state index in [-0.39, 0.29) is 0 Å². The lowest BCUT2D eigenvalue weighted by Gasteiger charge is -2.28. The van der Waals surface area contributed by atoms with Gasteiger partial charge in [0.1, 0.15) is 0 Å². The highest BCUT2D eigenvalue weighted by Gasteiger charge is 2.24. The van der Waals surface area contributed by atoms with E-state index in [0.29, 0.717) is 24.9 Å². The van der Waals surface area contributed by atoms with Gasteiger partial charge in [0.25, 0.3) is 0 Å². The summed E-state index contributed by atoms with van der Waals surface area (Å²) < 4.78 is 0. The summed E-state index contributed by atoms with van der Waals surface area (Å²) in [6, 6.07) is 0.472. The van der Waals surface area contributed by atoms with Gasteiger partial charge in [-0.1, -0.05) is 18.9 Å². The first-order chi connectivity index (χ1) is 7.79. The van der Waals surface area contributed by atoms with Crippen LogP contribution in [0, 0.1) is 0 Å². The SMILES string of the molecule is C=CCN(C(=O)CCCNC)C1CCCC1. The number of nitrogens with one attached hydrogen (secondary N) is 1. The average molecular weight is 224 g/mol. The zero-order valence-electron chi connectivity index (χ0n) is 10.4. The van der Waals surface area contributed by atoms with Crippen molar-refractivity contribution in [2.24, 2.45) is 0 Å². The molecule has 1 rings (SSSR count). The van der Waals surface area contributed by atoms with E-state index in [9.17, 15) is 4.79 Å². The van der Waals surface area contributed by atoms with Crippen LogP contribution in [0.1, 0.15) is 38.5 Å². The lowest BCUT2D eigenvalue weighted by molar-refractivity contribution is -0.132. The molecule has 0 aromatic heterocycles. The van der Waals surface area contributed by atoms with Crippen molar-refractivity contribution in [2.75, 3.05) is 20.1 Å². The molecule has 1 aliphatic carbocycles. The largest absolute Gasteiger partial charge is 0.336 e. The van der Waals surface area contributed by atoms with E-state index in [1.807, 2.05) is 18.0 Å². The first-order valence-corrected chi connectivity index (χ1v) is 6.34. The molecule has 1 amide bonds. The molecule has 0 aliphatic heterocycles. The third-order valence-electron chi connectivity index (χ3n) is 3.23. The third-order valence-corrected chi connectivity index (χ3v) is 3.23. The summed E-state index contributed by atoms with van der Waals surface area (Å²) in [6.07, 6.45) is 8.30. The van der Waals surface area contributed by atoms with Crippen LogP contribution in [0.25, 0.3) is 0 Å². The Balaban J connectivity index is 2.41. The van der Waals surface area contributed by atoms with E-state index in [4.69, 9.17) is 0 Å². The summed E-state index contributed by atoms with van der Waals surface area (Å²) in [5, 5.41) is 3.07. The monoisotopic (exact) mass is 224 g/mol. The lowest BCUT2D eigenvalue weighted by atomic mass is 10.1. The van der Waals surface area contributed by atoms with Gasteiger partial charge in [-0.05, 0) is 32.9 Å². The number of amides is 1. The molecule has 0 aromatic rings. The molecule has 0 saturated heterocycles. The molecule has 0 unspecified atom stereocenters. The molecule has 1 N–H and O–H groups in total. The molecule has 0 atom stereocenters. The van der Waals surface area contributed by atoms with Crippen LogP contribution >= 0.6 is 0 Å². The summed E-state index contributed by atoms with van der Waals surface area (Å²) in [7, 11) is 1.92. The topological polar surface area (TPSA) is 32.3 Å². The maximum atomic E-state index is 12.0. The van der Waals surface area contributed by atoms with Crippen molar-refractivity contribution in [1.29, 1.82) is 0 Å². The highest BCUT2D eigenvalue weighted by molar-refractivity contribution is 5.76. The second kappa shape index (κ2) is 7.44. The highest BCUT2D eigenvalue weighted by Crippen LogP contribution is 2.24. The normalized spacial score (nSPS) is 16.3. The molecule has 0 radical (unpaired) electrons.